The first-order valence-corrected chi connectivity index (χ1v) is 12.3. The Morgan fingerprint density at radius 3 is 2.41 bits per heavy atom. The number of alkyl halides is 5. The highest BCUT2D eigenvalue weighted by molar-refractivity contribution is 5.92. The third kappa shape index (κ3) is 6.59. The Hall–Kier alpha value is -3.44. The lowest BCUT2D eigenvalue weighted by atomic mass is 9.80. The Morgan fingerprint density at radius 1 is 1.15 bits per heavy atom. The molecule has 3 N–H and O–H groups in total. The van der Waals surface area contributed by atoms with Gasteiger partial charge in [-0.15, -0.1) is 0 Å². The number of amides is 4. The van der Waals surface area contributed by atoms with Gasteiger partial charge in [0.2, 0.25) is 17.7 Å². The molecule has 0 aromatic rings. The molecular weight excluding hydrogens is 533 g/mol. The molecule has 0 aromatic carbocycles. The van der Waals surface area contributed by atoms with E-state index in [9.17, 15) is 46.4 Å². The van der Waals surface area contributed by atoms with E-state index >= 15 is 0 Å². The molecule has 216 valence electrons. The Bertz CT molecular complexity index is 1070. The number of halogens is 5. The molecular formula is C24H30F5N5O5. The molecule has 0 radical (unpaired) electrons. The first-order valence-electron chi connectivity index (χ1n) is 12.3. The molecule has 2 bridgehead atoms. The molecule has 2 fully saturated rings. The summed E-state index contributed by atoms with van der Waals surface area (Å²) >= 11 is 0. The van der Waals surface area contributed by atoms with Crippen molar-refractivity contribution < 1.29 is 45.9 Å². The van der Waals surface area contributed by atoms with Crippen LogP contribution in [-0.2, 0) is 19.1 Å². The van der Waals surface area contributed by atoms with Gasteiger partial charge >= 0.3 is 12.3 Å². The van der Waals surface area contributed by atoms with E-state index in [-0.39, 0.29) is 19.3 Å². The number of ether oxygens (including phenoxy) is 1. The smallest absolute Gasteiger partial charge is 0.407 e. The fraction of sp³-hybridized carbons (Fsp3) is 0.708. The number of fused-ring (bicyclic) bond motifs is 3. The highest BCUT2D eigenvalue weighted by Crippen LogP contribution is 2.39. The topological polar surface area (TPSA) is 141 Å². The number of methoxy groups -OCH3 is 1. The zero-order chi connectivity index (χ0) is 29.3. The van der Waals surface area contributed by atoms with Gasteiger partial charge < -0.3 is 25.6 Å². The Morgan fingerprint density at radius 2 is 1.82 bits per heavy atom. The second kappa shape index (κ2) is 11.0. The van der Waals surface area contributed by atoms with Crippen LogP contribution in [-0.4, -0.2) is 78.6 Å². The molecule has 0 aromatic heterocycles. The SMILES string of the molecule is COC(=O)N[C@@H]1C(=O)N2C[C@H](C(F)(F)F)C[C@H]2C(=O)NC(C#N)C[C@@H]2C[C@H](NC2=O)C(F)(F)/C=C/CC1(C)C. The quantitative estimate of drug-likeness (QED) is 0.329. The molecule has 6 atom stereocenters. The summed E-state index contributed by atoms with van der Waals surface area (Å²) in [5.41, 5.74) is -1.34. The number of allylic oxidation sites excluding steroid dienone is 1. The van der Waals surface area contributed by atoms with Crippen LogP contribution in [0.15, 0.2) is 12.2 Å². The van der Waals surface area contributed by atoms with Crippen molar-refractivity contribution in [2.75, 3.05) is 13.7 Å². The van der Waals surface area contributed by atoms with Gasteiger partial charge in [0.05, 0.1) is 25.1 Å². The van der Waals surface area contributed by atoms with Crippen LogP contribution in [0.4, 0.5) is 26.7 Å². The summed E-state index contributed by atoms with van der Waals surface area (Å²) in [7, 11) is 1.000. The van der Waals surface area contributed by atoms with Gasteiger partial charge in [0.25, 0.3) is 5.92 Å². The summed E-state index contributed by atoms with van der Waals surface area (Å²) in [4.78, 5) is 51.9. The van der Waals surface area contributed by atoms with Crippen molar-refractivity contribution in [2.24, 2.45) is 17.3 Å². The van der Waals surface area contributed by atoms with E-state index in [2.05, 4.69) is 20.7 Å². The van der Waals surface area contributed by atoms with Gasteiger partial charge in [0.15, 0.2) is 0 Å². The first kappa shape index (κ1) is 30.1. The summed E-state index contributed by atoms with van der Waals surface area (Å²) in [6, 6.07) is -4.47. The largest absolute Gasteiger partial charge is 0.453 e. The summed E-state index contributed by atoms with van der Waals surface area (Å²) in [5.74, 6) is -9.50. The van der Waals surface area contributed by atoms with Crippen LogP contribution in [0.1, 0.15) is 39.5 Å². The van der Waals surface area contributed by atoms with Gasteiger partial charge in [-0.1, -0.05) is 19.9 Å². The van der Waals surface area contributed by atoms with Crippen LogP contribution < -0.4 is 16.0 Å². The van der Waals surface area contributed by atoms with Crippen LogP contribution >= 0.6 is 0 Å². The molecule has 3 aliphatic heterocycles. The lowest BCUT2D eigenvalue weighted by molar-refractivity contribution is -0.171. The molecule has 3 aliphatic rings. The number of rotatable bonds is 1. The van der Waals surface area contributed by atoms with Gasteiger partial charge in [-0.2, -0.15) is 27.2 Å². The molecule has 3 rings (SSSR count). The highest BCUT2D eigenvalue weighted by atomic mass is 19.4. The minimum atomic E-state index is -4.76. The minimum absolute atomic E-state index is 0.239. The van der Waals surface area contributed by atoms with E-state index in [1.807, 2.05) is 0 Å². The molecule has 10 nitrogen and oxygen atoms in total. The predicted octanol–water partition coefficient (Wildman–Crippen LogP) is 2.01. The fourth-order valence-electron chi connectivity index (χ4n) is 5.15. The number of nitriles is 1. The molecule has 39 heavy (non-hydrogen) atoms. The van der Waals surface area contributed by atoms with Crippen molar-refractivity contribution in [1.82, 2.24) is 20.9 Å². The Labute approximate surface area is 221 Å². The van der Waals surface area contributed by atoms with Gasteiger partial charge in [-0.05, 0) is 37.2 Å². The van der Waals surface area contributed by atoms with Gasteiger partial charge in [-0.25, -0.2) is 4.79 Å². The summed E-state index contributed by atoms with van der Waals surface area (Å²) in [5, 5.41) is 16.3. The number of carbonyl (C=O) groups is 4. The number of carbonyl (C=O) groups excluding carboxylic acids is 4. The zero-order valence-corrected chi connectivity index (χ0v) is 21.5. The van der Waals surface area contributed by atoms with Crippen molar-refractivity contribution in [2.45, 2.75) is 75.8 Å². The molecule has 0 spiro atoms. The van der Waals surface area contributed by atoms with Crippen LogP contribution in [0.25, 0.3) is 0 Å². The third-order valence-electron chi connectivity index (χ3n) is 7.47. The minimum Gasteiger partial charge on any atom is -0.453 e. The fourth-order valence-corrected chi connectivity index (χ4v) is 5.15. The van der Waals surface area contributed by atoms with Crippen molar-refractivity contribution in [3.8, 4) is 6.07 Å². The molecule has 0 saturated carbocycles. The van der Waals surface area contributed by atoms with E-state index in [0.29, 0.717) is 11.0 Å². The van der Waals surface area contributed by atoms with Crippen LogP contribution in [0.2, 0.25) is 0 Å². The van der Waals surface area contributed by atoms with E-state index in [1.54, 1.807) is 6.07 Å². The Balaban J connectivity index is 2.07. The normalized spacial score (nSPS) is 33.8. The second-order valence-electron chi connectivity index (χ2n) is 10.7. The number of nitrogens with one attached hydrogen (secondary N) is 3. The van der Waals surface area contributed by atoms with E-state index in [0.717, 1.165) is 13.2 Å². The Kier molecular flexibility index (Phi) is 8.47. The highest BCUT2D eigenvalue weighted by Gasteiger charge is 2.54. The monoisotopic (exact) mass is 563 g/mol. The zero-order valence-electron chi connectivity index (χ0n) is 21.5. The lowest BCUT2D eigenvalue weighted by Gasteiger charge is -2.37. The van der Waals surface area contributed by atoms with Crippen molar-refractivity contribution >= 4 is 23.8 Å². The average Bonchev–Trinajstić information content (AvgIpc) is 3.45. The van der Waals surface area contributed by atoms with Gasteiger partial charge in [0.1, 0.15) is 18.1 Å². The van der Waals surface area contributed by atoms with Crippen LogP contribution in [0.5, 0.6) is 0 Å². The van der Waals surface area contributed by atoms with Crippen molar-refractivity contribution in [3.63, 3.8) is 0 Å². The number of hydrogen-bond acceptors (Lipinski definition) is 6. The number of nitrogens with zero attached hydrogens (tertiary/aromatic N) is 2. The number of hydrogen-bond donors (Lipinski definition) is 3. The molecule has 2 saturated heterocycles. The van der Waals surface area contributed by atoms with Crippen LogP contribution in [0.3, 0.4) is 0 Å². The van der Waals surface area contributed by atoms with Gasteiger partial charge in [0, 0.05) is 12.5 Å². The lowest BCUT2D eigenvalue weighted by Crippen LogP contribution is -2.58. The third-order valence-corrected chi connectivity index (χ3v) is 7.47. The van der Waals surface area contributed by atoms with Crippen molar-refractivity contribution in [3.05, 3.63) is 12.2 Å². The number of alkyl carbamates (subject to hydrolysis) is 1. The first-order chi connectivity index (χ1) is 18.0. The summed E-state index contributed by atoms with van der Waals surface area (Å²) < 4.78 is 75.5. The van der Waals surface area contributed by atoms with E-state index < -0.39 is 90.3 Å². The maximum Gasteiger partial charge on any atom is 0.407 e. The average molecular weight is 564 g/mol. The van der Waals surface area contributed by atoms with E-state index in [1.165, 1.54) is 13.8 Å². The molecule has 4 amide bonds. The molecule has 15 heteroatoms. The molecule has 3 heterocycles. The maximum atomic E-state index is 14.9. The summed E-state index contributed by atoms with van der Waals surface area (Å²) in [6.07, 6.45) is -5.95. The molecule has 0 aliphatic carbocycles. The van der Waals surface area contributed by atoms with Crippen molar-refractivity contribution in [1.29, 1.82) is 5.26 Å². The standard InChI is InChI=1S/C24H30F5N5O5/c1-22(2)5-4-6-23(25,26)16-8-12(18(35)32-16)7-14(10-30)31-19(36)15-9-13(24(27,28)29)11-34(15)20(37)17(22)33-21(38)39-3/h4,6,12-17H,5,7-9,11H2,1-3H3,(H,31,36)(H,32,35)(H,33,38)/b6-4+/t12-,13-,14?,15+,16+,17-/m1/s1. The summed E-state index contributed by atoms with van der Waals surface area (Å²) in [6.45, 7) is 1.97. The molecule has 1 unspecified atom stereocenters. The van der Waals surface area contributed by atoms with E-state index in [4.69, 9.17) is 0 Å². The second-order valence-corrected chi connectivity index (χ2v) is 10.7. The predicted molar refractivity (Wildman–Crippen MR) is 124 cm³/mol. The maximum absolute atomic E-state index is 14.9. The van der Waals surface area contributed by atoms with Crippen LogP contribution in [0, 0.1) is 28.6 Å². The van der Waals surface area contributed by atoms with Gasteiger partial charge in [-0.3, -0.25) is 14.4 Å².